The number of carbonyl (C=O) groups excluding carboxylic acids is 2. The van der Waals surface area contributed by atoms with Crippen molar-refractivity contribution >= 4 is 22.9 Å². The van der Waals surface area contributed by atoms with Gasteiger partial charge in [-0.25, -0.2) is 4.79 Å². The molecule has 4 rings (SSSR count). The van der Waals surface area contributed by atoms with Gasteiger partial charge in [0.05, 0.1) is 12.1 Å². The van der Waals surface area contributed by atoms with E-state index in [0.717, 1.165) is 29.3 Å². The Bertz CT molecular complexity index is 790. The van der Waals surface area contributed by atoms with E-state index in [1.165, 1.54) is 0 Å². The number of benzene rings is 1. The van der Waals surface area contributed by atoms with Crippen molar-refractivity contribution in [3.05, 3.63) is 36.0 Å². The van der Waals surface area contributed by atoms with Crippen molar-refractivity contribution in [2.24, 2.45) is 7.05 Å². The second-order valence-corrected chi connectivity index (χ2v) is 6.50. The third-order valence-corrected chi connectivity index (χ3v) is 5.11. The second-order valence-electron chi connectivity index (χ2n) is 6.50. The predicted molar refractivity (Wildman–Crippen MR) is 89.9 cm³/mol. The largest absolute Gasteiger partial charge is 0.448 e. The summed E-state index contributed by atoms with van der Waals surface area (Å²) < 4.78 is 7.01. The highest BCUT2D eigenvalue weighted by atomic mass is 16.6. The molecule has 2 fully saturated rings. The monoisotopic (exact) mass is 327 g/mol. The first-order valence-electron chi connectivity index (χ1n) is 8.42. The van der Waals surface area contributed by atoms with Gasteiger partial charge in [-0.15, -0.1) is 0 Å². The number of cyclic esters (lactones) is 1. The molecule has 0 radical (unpaired) electrons. The topological polar surface area (TPSA) is 54.8 Å². The minimum absolute atomic E-state index is 0.0780. The lowest BCUT2D eigenvalue weighted by molar-refractivity contribution is 0.0660. The Balaban J connectivity index is 1.49. The molecular formula is C18H21N3O3. The first-order valence-corrected chi connectivity index (χ1v) is 8.42. The van der Waals surface area contributed by atoms with Crippen molar-refractivity contribution in [1.82, 2.24) is 14.4 Å². The van der Waals surface area contributed by atoms with Crippen LogP contribution in [0.5, 0.6) is 0 Å². The molecule has 1 aromatic carbocycles. The van der Waals surface area contributed by atoms with Crippen molar-refractivity contribution in [2.75, 3.05) is 26.2 Å². The average molecular weight is 327 g/mol. The first kappa shape index (κ1) is 15.1. The smallest absolute Gasteiger partial charge is 0.410 e. The number of aryl methyl sites for hydroxylation is 1. The van der Waals surface area contributed by atoms with Crippen molar-refractivity contribution in [3.8, 4) is 0 Å². The third-order valence-electron chi connectivity index (χ3n) is 5.11. The number of rotatable bonds is 2. The number of hydrogen-bond donors (Lipinski definition) is 0. The Morgan fingerprint density at radius 3 is 2.62 bits per heavy atom. The van der Waals surface area contributed by atoms with Crippen LogP contribution < -0.4 is 0 Å². The number of amides is 2. The summed E-state index contributed by atoms with van der Waals surface area (Å²) in [5.41, 5.74) is 1.82. The fourth-order valence-corrected chi connectivity index (χ4v) is 3.80. The molecule has 6 nitrogen and oxygen atoms in total. The number of fused-ring (bicyclic) bond motifs is 1. The summed E-state index contributed by atoms with van der Waals surface area (Å²) in [7, 11) is 1.96. The number of nitrogens with zero attached hydrogens (tertiary/aromatic N) is 3. The molecule has 0 spiro atoms. The lowest BCUT2D eigenvalue weighted by Crippen LogP contribution is -2.47. The van der Waals surface area contributed by atoms with Crippen LogP contribution in [0.1, 0.15) is 23.2 Å². The summed E-state index contributed by atoms with van der Waals surface area (Å²) in [4.78, 5) is 28.3. The number of para-hydroxylation sites is 1. The molecule has 0 atom stereocenters. The second kappa shape index (κ2) is 5.85. The Morgan fingerprint density at radius 1 is 1.17 bits per heavy atom. The molecule has 2 aliphatic rings. The maximum absolute atomic E-state index is 12.9. The van der Waals surface area contributed by atoms with Crippen molar-refractivity contribution < 1.29 is 14.3 Å². The molecule has 6 heteroatoms. The molecule has 2 amide bonds. The van der Waals surface area contributed by atoms with E-state index in [2.05, 4.69) is 0 Å². The minimum Gasteiger partial charge on any atom is -0.448 e. The fourth-order valence-electron chi connectivity index (χ4n) is 3.80. The molecule has 3 heterocycles. The van der Waals surface area contributed by atoms with Gasteiger partial charge in [0.2, 0.25) is 0 Å². The molecule has 2 saturated heterocycles. The van der Waals surface area contributed by atoms with Gasteiger partial charge in [-0.1, -0.05) is 18.2 Å². The quantitative estimate of drug-likeness (QED) is 0.850. The van der Waals surface area contributed by atoms with E-state index in [-0.39, 0.29) is 18.0 Å². The third kappa shape index (κ3) is 2.42. The van der Waals surface area contributed by atoms with E-state index < -0.39 is 0 Å². The maximum Gasteiger partial charge on any atom is 0.410 e. The molecule has 24 heavy (non-hydrogen) atoms. The van der Waals surface area contributed by atoms with E-state index in [0.29, 0.717) is 26.2 Å². The molecule has 126 valence electrons. The normalized spacial score (nSPS) is 19.1. The van der Waals surface area contributed by atoms with Crippen LogP contribution in [0.15, 0.2) is 30.5 Å². The van der Waals surface area contributed by atoms with E-state index >= 15 is 0 Å². The maximum atomic E-state index is 12.9. The van der Waals surface area contributed by atoms with Crippen LogP contribution in [0, 0.1) is 0 Å². The number of aromatic nitrogens is 1. The highest BCUT2D eigenvalue weighted by molar-refractivity contribution is 6.07. The van der Waals surface area contributed by atoms with Crippen LogP contribution in [0.3, 0.4) is 0 Å². The average Bonchev–Trinajstić information content (AvgIpc) is 3.19. The Morgan fingerprint density at radius 2 is 1.92 bits per heavy atom. The van der Waals surface area contributed by atoms with Crippen LogP contribution >= 0.6 is 0 Å². The molecule has 0 unspecified atom stereocenters. The summed E-state index contributed by atoms with van der Waals surface area (Å²) in [6.45, 7) is 2.50. The summed E-state index contributed by atoms with van der Waals surface area (Å²) in [6, 6.07) is 8.16. The molecular weight excluding hydrogens is 306 g/mol. The summed E-state index contributed by atoms with van der Waals surface area (Å²) in [5, 5.41) is 0.996. The van der Waals surface area contributed by atoms with Gasteiger partial charge in [0.25, 0.3) is 5.91 Å². The van der Waals surface area contributed by atoms with Crippen molar-refractivity contribution in [1.29, 1.82) is 0 Å². The van der Waals surface area contributed by atoms with E-state index in [1.807, 2.05) is 47.0 Å². The molecule has 0 N–H and O–H groups in total. The molecule has 2 aromatic rings. The van der Waals surface area contributed by atoms with Crippen LogP contribution in [-0.2, 0) is 11.8 Å². The lowest BCUT2D eigenvalue weighted by atomic mass is 10.0. The highest BCUT2D eigenvalue weighted by Crippen LogP contribution is 2.25. The van der Waals surface area contributed by atoms with Gasteiger partial charge < -0.3 is 19.1 Å². The van der Waals surface area contributed by atoms with Gasteiger partial charge in [0, 0.05) is 43.3 Å². The molecule has 1 aromatic heterocycles. The fraction of sp³-hybridized carbons (Fsp3) is 0.444. The zero-order valence-electron chi connectivity index (χ0n) is 13.8. The summed E-state index contributed by atoms with van der Waals surface area (Å²) in [5.74, 6) is 0.0780. The number of piperidine rings is 1. The zero-order chi connectivity index (χ0) is 16.7. The number of hydrogen-bond acceptors (Lipinski definition) is 3. The molecule has 0 bridgehead atoms. The van der Waals surface area contributed by atoms with Crippen molar-refractivity contribution in [3.63, 3.8) is 0 Å². The Kier molecular flexibility index (Phi) is 3.67. The van der Waals surface area contributed by atoms with E-state index in [4.69, 9.17) is 4.74 Å². The minimum atomic E-state index is -0.214. The lowest BCUT2D eigenvalue weighted by Gasteiger charge is -2.35. The van der Waals surface area contributed by atoms with Gasteiger partial charge in [-0.2, -0.15) is 0 Å². The van der Waals surface area contributed by atoms with Crippen LogP contribution in [0.25, 0.3) is 10.9 Å². The molecule has 0 saturated carbocycles. The van der Waals surface area contributed by atoms with Crippen LogP contribution in [-0.4, -0.2) is 58.7 Å². The van der Waals surface area contributed by atoms with Gasteiger partial charge in [0.15, 0.2) is 0 Å². The van der Waals surface area contributed by atoms with Gasteiger partial charge >= 0.3 is 6.09 Å². The van der Waals surface area contributed by atoms with Gasteiger partial charge in [-0.05, 0) is 18.9 Å². The van der Waals surface area contributed by atoms with E-state index in [9.17, 15) is 9.59 Å². The van der Waals surface area contributed by atoms with Crippen molar-refractivity contribution in [2.45, 2.75) is 18.9 Å². The molecule has 2 aliphatic heterocycles. The Hall–Kier alpha value is -2.50. The highest BCUT2D eigenvalue weighted by Gasteiger charge is 2.33. The van der Waals surface area contributed by atoms with E-state index in [1.54, 1.807) is 4.90 Å². The van der Waals surface area contributed by atoms with Crippen LogP contribution in [0.4, 0.5) is 4.79 Å². The first-order chi connectivity index (χ1) is 11.6. The number of likely N-dealkylation sites (tertiary alicyclic amines) is 1. The van der Waals surface area contributed by atoms with Gasteiger partial charge in [0.1, 0.15) is 6.61 Å². The molecule has 0 aliphatic carbocycles. The summed E-state index contributed by atoms with van der Waals surface area (Å²) in [6.07, 6.45) is 3.32. The summed E-state index contributed by atoms with van der Waals surface area (Å²) >= 11 is 0. The zero-order valence-corrected chi connectivity index (χ0v) is 13.8. The van der Waals surface area contributed by atoms with Crippen LogP contribution in [0.2, 0.25) is 0 Å². The Labute approximate surface area is 140 Å². The predicted octanol–water partition coefficient (Wildman–Crippen LogP) is 2.24. The van der Waals surface area contributed by atoms with Gasteiger partial charge in [-0.3, -0.25) is 4.79 Å². The SMILES string of the molecule is Cn1cc(C(=O)N2CCC(N3CCOC3=O)CC2)c2ccccc21. The number of carbonyl (C=O) groups is 2. The standard InChI is InChI=1S/C18H21N3O3/c1-19-12-15(14-4-2-3-5-16(14)19)17(22)20-8-6-13(7-9-20)21-10-11-24-18(21)23/h2-5,12-13H,6-11H2,1H3. The number of ether oxygens (including phenoxy) is 1.